The molecule has 0 aliphatic heterocycles. The maximum absolute atomic E-state index is 11.6. The van der Waals surface area contributed by atoms with Crippen LogP contribution in [0.2, 0.25) is 0 Å². The van der Waals surface area contributed by atoms with Crippen molar-refractivity contribution >= 4 is 23.3 Å². The smallest absolute Gasteiger partial charge is 0.252 e. The minimum Gasteiger partial charge on any atom is -0.397 e. The summed E-state index contributed by atoms with van der Waals surface area (Å²) in [6.07, 6.45) is 1.42. The molecule has 18 heavy (non-hydrogen) atoms. The van der Waals surface area contributed by atoms with Gasteiger partial charge in [-0.1, -0.05) is 0 Å². The van der Waals surface area contributed by atoms with Crippen molar-refractivity contribution in [3.8, 4) is 0 Å². The van der Waals surface area contributed by atoms with Crippen LogP contribution < -0.4 is 16.4 Å². The molecule has 0 fully saturated rings. The molecule has 0 aromatic carbocycles. The van der Waals surface area contributed by atoms with E-state index in [4.69, 9.17) is 11.5 Å². The molecule has 0 aliphatic rings. The van der Waals surface area contributed by atoms with Gasteiger partial charge in [-0.3, -0.25) is 9.59 Å². The molecule has 0 aliphatic carbocycles. The summed E-state index contributed by atoms with van der Waals surface area (Å²) in [7, 11) is 4.97. The summed E-state index contributed by atoms with van der Waals surface area (Å²) in [5, 5.41) is 0. The van der Waals surface area contributed by atoms with Gasteiger partial charge in [0.15, 0.2) is 0 Å². The summed E-state index contributed by atoms with van der Waals surface area (Å²) < 4.78 is 0. The largest absolute Gasteiger partial charge is 0.397 e. The number of anilines is 2. The van der Waals surface area contributed by atoms with Gasteiger partial charge in [-0.25, -0.2) is 4.98 Å². The van der Waals surface area contributed by atoms with E-state index in [0.717, 1.165) is 0 Å². The Morgan fingerprint density at radius 3 is 2.44 bits per heavy atom. The van der Waals surface area contributed by atoms with Crippen molar-refractivity contribution < 1.29 is 9.59 Å². The van der Waals surface area contributed by atoms with Crippen LogP contribution in [0, 0.1) is 0 Å². The Kier molecular flexibility index (Phi) is 4.09. The fraction of sp³-hybridized carbons (Fsp3) is 0.364. The summed E-state index contributed by atoms with van der Waals surface area (Å²) in [6, 6.07) is 1.45. The van der Waals surface area contributed by atoms with Gasteiger partial charge in [0, 0.05) is 21.1 Å². The average molecular weight is 251 g/mol. The molecule has 0 saturated carbocycles. The van der Waals surface area contributed by atoms with Gasteiger partial charge in [-0.15, -0.1) is 0 Å². The molecule has 0 spiro atoms. The maximum Gasteiger partial charge on any atom is 0.252 e. The molecule has 1 aromatic heterocycles. The highest BCUT2D eigenvalue weighted by Gasteiger charge is 2.17. The van der Waals surface area contributed by atoms with Crippen LogP contribution in [0.25, 0.3) is 0 Å². The zero-order valence-electron chi connectivity index (χ0n) is 10.7. The van der Waals surface area contributed by atoms with Gasteiger partial charge in [0.1, 0.15) is 5.82 Å². The Bertz CT molecular complexity index is 473. The number of rotatable bonds is 4. The Labute approximate surface area is 105 Å². The molecule has 7 nitrogen and oxygen atoms in total. The standard InChI is InChI=1S/C11H17N5O2/c1-15(2)9(17)6-16(3)11-8(10(13)18)4-7(12)5-14-11/h4-5H,6,12H2,1-3H3,(H2,13,18). The van der Waals surface area contributed by atoms with Gasteiger partial charge in [0.25, 0.3) is 5.91 Å². The van der Waals surface area contributed by atoms with Crippen molar-refractivity contribution in [2.75, 3.05) is 38.3 Å². The predicted molar refractivity (Wildman–Crippen MR) is 69.1 cm³/mol. The summed E-state index contributed by atoms with van der Waals surface area (Å²) >= 11 is 0. The van der Waals surface area contributed by atoms with Crippen molar-refractivity contribution in [2.45, 2.75) is 0 Å². The molecule has 1 aromatic rings. The van der Waals surface area contributed by atoms with Crippen molar-refractivity contribution in [3.05, 3.63) is 17.8 Å². The maximum atomic E-state index is 11.6. The lowest BCUT2D eigenvalue weighted by Crippen LogP contribution is -2.35. The first kappa shape index (κ1) is 13.8. The molecule has 1 heterocycles. The molecule has 2 amide bonds. The monoisotopic (exact) mass is 251 g/mol. The molecule has 98 valence electrons. The third kappa shape index (κ3) is 3.09. The Balaban J connectivity index is 3.02. The topological polar surface area (TPSA) is 106 Å². The van der Waals surface area contributed by atoms with E-state index in [1.807, 2.05) is 0 Å². The molecular weight excluding hydrogens is 234 g/mol. The van der Waals surface area contributed by atoms with Gasteiger partial charge in [0.05, 0.1) is 24.0 Å². The first-order chi connectivity index (χ1) is 8.32. The van der Waals surface area contributed by atoms with Crippen molar-refractivity contribution in [2.24, 2.45) is 5.73 Å². The molecule has 0 unspecified atom stereocenters. The van der Waals surface area contributed by atoms with E-state index in [2.05, 4.69) is 4.98 Å². The van der Waals surface area contributed by atoms with Crippen LogP contribution in [0.15, 0.2) is 12.3 Å². The number of nitrogens with zero attached hydrogens (tertiary/aromatic N) is 3. The molecule has 4 N–H and O–H groups in total. The lowest BCUT2D eigenvalue weighted by atomic mass is 10.2. The molecule has 0 atom stereocenters. The van der Waals surface area contributed by atoms with E-state index < -0.39 is 5.91 Å². The van der Waals surface area contributed by atoms with E-state index in [1.165, 1.54) is 17.2 Å². The van der Waals surface area contributed by atoms with Crippen LogP contribution in [0.1, 0.15) is 10.4 Å². The summed E-state index contributed by atoms with van der Waals surface area (Å²) in [5.41, 5.74) is 11.4. The summed E-state index contributed by atoms with van der Waals surface area (Å²) in [4.78, 5) is 29.9. The zero-order valence-corrected chi connectivity index (χ0v) is 10.7. The number of carbonyl (C=O) groups excluding carboxylic acids is 2. The second-order valence-corrected chi connectivity index (χ2v) is 4.15. The Morgan fingerprint density at radius 2 is 1.94 bits per heavy atom. The van der Waals surface area contributed by atoms with Crippen LogP contribution in [0.4, 0.5) is 11.5 Å². The van der Waals surface area contributed by atoms with Crippen molar-refractivity contribution in [1.82, 2.24) is 9.88 Å². The number of nitrogen functional groups attached to an aromatic ring is 1. The van der Waals surface area contributed by atoms with E-state index >= 15 is 0 Å². The molecule has 7 heteroatoms. The normalized spacial score (nSPS) is 9.94. The Morgan fingerprint density at radius 1 is 1.33 bits per heavy atom. The second-order valence-electron chi connectivity index (χ2n) is 4.15. The number of likely N-dealkylation sites (N-methyl/N-ethyl adjacent to an activating group) is 2. The number of hydrogen-bond acceptors (Lipinski definition) is 5. The minimum absolute atomic E-state index is 0.101. The van der Waals surface area contributed by atoms with E-state index in [9.17, 15) is 9.59 Å². The molecule has 1 rings (SSSR count). The zero-order chi connectivity index (χ0) is 13.9. The van der Waals surface area contributed by atoms with Crippen LogP contribution in [0.5, 0.6) is 0 Å². The first-order valence-corrected chi connectivity index (χ1v) is 5.29. The lowest BCUT2D eigenvalue weighted by molar-refractivity contribution is -0.127. The number of aromatic nitrogens is 1. The van der Waals surface area contributed by atoms with Gasteiger partial charge in [-0.05, 0) is 6.07 Å². The van der Waals surface area contributed by atoms with Crippen LogP contribution >= 0.6 is 0 Å². The van der Waals surface area contributed by atoms with Crippen molar-refractivity contribution in [1.29, 1.82) is 0 Å². The third-order valence-corrected chi connectivity index (χ3v) is 2.39. The fourth-order valence-corrected chi connectivity index (χ4v) is 1.38. The van der Waals surface area contributed by atoms with Crippen LogP contribution in [-0.4, -0.2) is 49.4 Å². The molecular formula is C11H17N5O2. The molecule has 0 bridgehead atoms. The van der Waals surface area contributed by atoms with Gasteiger partial charge >= 0.3 is 0 Å². The number of amides is 2. The molecule has 0 radical (unpaired) electrons. The van der Waals surface area contributed by atoms with Gasteiger partial charge in [-0.2, -0.15) is 0 Å². The quantitative estimate of drug-likeness (QED) is 0.735. The van der Waals surface area contributed by atoms with E-state index in [0.29, 0.717) is 11.5 Å². The predicted octanol–water partition coefficient (Wildman–Crippen LogP) is -0.713. The Hall–Kier alpha value is -2.31. The first-order valence-electron chi connectivity index (χ1n) is 5.29. The number of nitrogens with two attached hydrogens (primary N) is 2. The minimum atomic E-state index is -0.631. The highest BCUT2D eigenvalue weighted by Crippen LogP contribution is 2.18. The molecule has 0 saturated heterocycles. The van der Waals surface area contributed by atoms with Crippen molar-refractivity contribution in [3.63, 3.8) is 0 Å². The van der Waals surface area contributed by atoms with Gasteiger partial charge in [0.2, 0.25) is 5.91 Å². The van der Waals surface area contributed by atoms with Gasteiger partial charge < -0.3 is 21.3 Å². The van der Waals surface area contributed by atoms with Crippen LogP contribution in [-0.2, 0) is 4.79 Å². The van der Waals surface area contributed by atoms with E-state index in [-0.39, 0.29) is 18.0 Å². The fourth-order valence-electron chi connectivity index (χ4n) is 1.38. The van der Waals surface area contributed by atoms with E-state index in [1.54, 1.807) is 26.0 Å². The third-order valence-electron chi connectivity index (χ3n) is 2.39. The number of primary amides is 1. The second kappa shape index (κ2) is 5.35. The SMILES string of the molecule is CN(C)C(=O)CN(C)c1ncc(N)cc1C(N)=O. The lowest BCUT2D eigenvalue weighted by Gasteiger charge is -2.21. The number of hydrogen-bond donors (Lipinski definition) is 2. The average Bonchev–Trinajstić information content (AvgIpc) is 2.28. The highest BCUT2D eigenvalue weighted by atomic mass is 16.2. The summed E-state index contributed by atoms with van der Waals surface area (Å²) in [6.45, 7) is 0.101. The number of carbonyl (C=O) groups is 2. The summed E-state index contributed by atoms with van der Waals surface area (Å²) in [5.74, 6) is -0.396. The highest BCUT2D eigenvalue weighted by molar-refractivity contribution is 5.99. The number of pyridine rings is 1. The van der Waals surface area contributed by atoms with Crippen LogP contribution in [0.3, 0.4) is 0 Å².